The third kappa shape index (κ3) is 7.27. The Balaban J connectivity index is 2.44. The minimum atomic E-state index is -1.03. The van der Waals surface area contributed by atoms with Gasteiger partial charge in [-0.15, -0.1) is 11.8 Å². The van der Waals surface area contributed by atoms with Crippen LogP contribution in [0.25, 0.3) is 0 Å². The third-order valence-electron chi connectivity index (χ3n) is 2.67. The molecule has 23 heavy (non-hydrogen) atoms. The van der Waals surface area contributed by atoms with Crippen molar-refractivity contribution in [2.75, 3.05) is 19.4 Å². The number of rotatable bonds is 7. The molecule has 0 saturated heterocycles. The van der Waals surface area contributed by atoms with Gasteiger partial charge in [0, 0.05) is 11.4 Å². The number of ether oxygens (including phenoxy) is 2. The van der Waals surface area contributed by atoms with Gasteiger partial charge in [0.2, 0.25) is 0 Å². The summed E-state index contributed by atoms with van der Waals surface area (Å²) < 4.78 is 10.6. The van der Waals surface area contributed by atoms with E-state index in [4.69, 9.17) is 14.6 Å². The van der Waals surface area contributed by atoms with E-state index < -0.39 is 17.7 Å². The van der Waals surface area contributed by atoms with E-state index in [1.54, 1.807) is 32.9 Å². The summed E-state index contributed by atoms with van der Waals surface area (Å²) in [7, 11) is 0. The first-order valence-corrected chi connectivity index (χ1v) is 8.46. The molecule has 0 aromatic heterocycles. The average Bonchev–Trinajstić information content (AvgIpc) is 2.44. The molecule has 0 aliphatic rings. The molecule has 7 heteroatoms. The Kier molecular flexibility index (Phi) is 7.22. The highest BCUT2D eigenvalue weighted by atomic mass is 32.2. The number of amides is 1. The van der Waals surface area contributed by atoms with E-state index in [0.717, 1.165) is 4.90 Å². The Morgan fingerprint density at radius 2 is 2.00 bits per heavy atom. The second-order valence-electron chi connectivity index (χ2n) is 5.80. The van der Waals surface area contributed by atoms with E-state index in [2.05, 4.69) is 5.32 Å². The lowest BCUT2D eigenvalue weighted by Gasteiger charge is -2.19. The van der Waals surface area contributed by atoms with Crippen LogP contribution < -0.4 is 10.1 Å². The van der Waals surface area contributed by atoms with Crippen LogP contribution in [-0.2, 0) is 4.74 Å². The number of nitrogens with one attached hydrogen (secondary N) is 1. The van der Waals surface area contributed by atoms with Gasteiger partial charge in [0.15, 0.2) is 0 Å². The van der Waals surface area contributed by atoms with Crippen molar-refractivity contribution in [2.24, 2.45) is 0 Å². The van der Waals surface area contributed by atoms with E-state index in [-0.39, 0.29) is 5.56 Å². The monoisotopic (exact) mass is 341 g/mol. The van der Waals surface area contributed by atoms with Crippen molar-refractivity contribution >= 4 is 23.8 Å². The summed E-state index contributed by atoms with van der Waals surface area (Å²) >= 11 is 1.51. The number of hydrogen-bond donors (Lipinski definition) is 2. The Morgan fingerprint density at radius 3 is 2.57 bits per heavy atom. The quantitative estimate of drug-likeness (QED) is 0.584. The van der Waals surface area contributed by atoms with Crippen LogP contribution in [0.5, 0.6) is 5.75 Å². The van der Waals surface area contributed by atoms with Gasteiger partial charge in [-0.2, -0.15) is 0 Å². The van der Waals surface area contributed by atoms with E-state index >= 15 is 0 Å². The predicted octanol–water partition coefficient (Wildman–Crippen LogP) is 3.40. The summed E-state index contributed by atoms with van der Waals surface area (Å²) in [6, 6.07) is 4.98. The summed E-state index contributed by atoms with van der Waals surface area (Å²) in [6.07, 6.45) is 1.97. The van der Waals surface area contributed by atoms with Gasteiger partial charge in [0.1, 0.15) is 16.9 Å². The Labute approximate surface area is 140 Å². The Hall–Kier alpha value is -1.89. The van der Waals surface area contributed by atoms with Crippen molar-refractivity contribution in [3.05, 3.63) is 23.8 Å². The minimum Gasteiger partial charge on any atom is -0.493 e. The second-order valence-corrected chi connectivity index (χ2v) is 6.68. The molecule has 1 aromatic carbocycles. The first-order valence-electron chi connectivity index (χ1n) is 7.24. The van der Waals surface area contributed by atoms with Gasteiger partial charge in [-0.3, -0.25) is 0 Å². The summed E-state index contributed by atoms with van der Waals surface area (Å²) in [5.41, 5.74) is -0.405. The van der Waals surface area contributed by atoms with E-state index in [0.29, 0.717) is 25.3 Å². The normalized spacial score (nSPS) is 11.0. The van der Waals surface area contributed by atoms with Crippen LogP contribution in [0, 0.1) is 0 Å². The first kappa shape index (κ1) is 19.2. The smallest absolute Gasteiger partial charge is 0.407 e. The van der Waals surface area contributed by atoms with Crippen molar-refractivity contribution in [3.63, 3.8) is 0 Å². The fraction of sp³-hybridized carbons (Fsp3) is 0.500. The molecule has 0 aliphatic heterocycles. The largest absolute Gasteiger partial charge is 0.493 e. The minimum absolute atomic E-state index is 0.128. The average molecular weight is 341 g/mol. The second kappa shape index (κ2) is 8.67. The van der Waals surface area contributed by atoms with Gasteiger partial charge in [0.05, 0.1) is 6.61 Å². The molecule has 0 aliphatic carbocycles. The summed E-state index contributed by atoms with van der Waals surface area (Å²) in [5, 5.41) is 11.8. The maximum Gasteiger partial charge on any atom is 0.407 e. The molecule has 0 heterocycles. The van der Waals surface area contributed by atoms with E-state index in [9.17, 15) is 9.59 Å². The number of thioether (sulfide) groups is 1. The maximum atomic E-state index is 11.5. The fourth-order valence-electron chi connectivity index (χ4n) is 1.68. The topological polar surface area (TPSA) is 84.9 Å². The van der Waals surface area contributed by atoms with Gasteiger partial charge in [-0.05, 0) is 51.6 Å². The van der Waals surface area contributed by atoms with Crippen molar-refractivity contribution in [3.8, 4) is 5.75 Å². The number of carboxylic acids is 1. The van der Waals surface area contributed by atoms with Crippen molar-refractivity contribution in [2.45, 2.75) is 37.7 Å². The van der Waals surface area contributed by atoms with Crippen LogP contribution in [-0.4, -0.2) is 42.2 Å². The molecule has 0 saturated carbocycles. The zero-order valence-electron chi connectivity index (χ0n) is 13.8. The standard InChI is InChI=1S/C16H23NO5S/c1-16(2,3)22-15(20)17-8-5-9-21-13-10-11(23-4)6-7-12(13)14(18)19/h6-7,10H,5,8-9H2,1-4H3,(H,17,20)(H,18,19). The highest BCUT2D eigenvalue weighted by Crippen LogP contribution is 2.25. The molecule has 2 N–H and O–H groups in total. The Morgan fingerprint density at radius 1 is 1.30 bits per heavy atom. The molecule has 128 valence electrons. The van der Waals surface area contributed by atoms with Gasteiger partial charge in [0.25, 0.3) is 0 Å². The van der Waals surface area contributed by atoms with Gasteiger partial charge < -0.3 is 19.9 Å². The van der Waals surface area contributed by atoms with Gasteiger partial charge >= 0.3 is 12.1 Å². The number of aromatic carboxylic acids is 1. The van der Waals surface area contributed by atoms with Crippen molar-refractivity contribution < 1.29 is 24.2 Å². The van der Waals surface area contributed by atoms with Crippen molar-refractivity contribution in [1.82, 2.24) is 5.32 Å². The highest BCUT2D eigenvalue weighted by Gasteiger charge is 2.15. The molecule has 0 fully saturated rings. The number of benzene rings is 1. The molecule has 1 aromatic rings. The highest BCUT2D eigenvalue weighted by molar-refractivity contribution is 7.98. The summed E-state index contributed by atoms with van der Waals surface area (Å²) in [5.74, 6) is -0.693. The Bertz CT molecular complexity index is 554. The zero-order valence-corrected chi connectivity index (χ0v) is 14.7. The van der Waals surface area contributed by atoms with Crippen LogP contribution >= 0.6 is 11.8 Å². The number of carbonyl (C=O) groups excluding carboxylic acids is 1. The molecular weight excluding hydrogens is 318 g/mol. The number of carbonyl (C=O) groups is 2. The lowest BCUT2D eigenvalue weighted by atomic mass is 10.2. The SMILES string of the molecule is CSc1ccc(C(=O)O)c(OCCCNC(=O)OC(C)(C)C)c1. The van der Waals surface area contributed by atoms with Crippen LogP contribution in [0.2, 0.25) is 0 Å². The van der Waals surface area contributed by atoms with Gasteiger partial charge in [-0.1, -0.05) is 0 Å². The number of hydrogen-bond acceptors (Lipinski definition) is 5. The maximum absolute atomic E-state index is 11.5. The van der Waals surface area contributed by atoms with E-state index in [1.165, 1.54) is 17.8 Å². The summed E-state index contributed by atoms with van der Waals surface area (Å²) in [4.78, 5) is 23.6. The molecule has 0 unspecified atom stereocenters. The molecule has 0 atom stereocenters. The number of alkyl carbamates (subject to hydrolysis) is 1. The van der Waals surface area contributed by atoms with Gasteiger partial charge in [-0.25, -0.2) is 9.59 Å². The van der Waals surface area contributed by atoms with Crippen LogP contribution in [0.3, 0.4) is 0 Å². The van der Waals surface area contributed by atoms with Crippen LogP contribution in [0.1, 0.15) is 37.6 Å². The summed E-state index contributed by atoms with van der Waals surface area (Å²) in [6.45, 7) is 6.07. The molecule has 0 radical (unpaired) electrons. The molecule has 6 nitrogen and oxygen atoms in total. The molecule has 0 spiro atoms. The molecular formula is C16H23NO5S. The first-order chi connectivity index (χ1) is 10.7. The molecule has 1 amide bonds. The van der Waals surface area contributed by atoms with E-state index in [1.807, 2.05) is 6.26 Å². The lowest BCUT2D eigenvalue weighted by molar-refractivity contribution is 0.0525. The lowest BCUT2D eigenvalue weighted by Crippen LogP contribution is -2.33. The predicted molar refractivity (Wildman–Crippen MR) is 89.5 cm³/mol. The van der Waals surface area contributed by atoms with Crippen LogP contribution in [0.15, 0.2) is 23.1 Å². The third-order valence-corrected chi connectivity index (χ3v) is 3.39. The van der Waals surface area contributed by atoms with Crippen LogP contribution in [0.4, 0.5) is 4.79 Å². The molecule has 0 bridgehead atoms. The molecule has 1 rings (SSSR count). The van der Waals surface area contributed by atoms with Crippen molar-refractivity contribution in [1.29, 1.82) is 0 Å². The zero-order chi connectivity index (χ0) is 17.5. The number of carboxylic acid groups (broad SMARTS) is 1. The fourth-order valence-corrected chi connectivity index (χ4v) is 2.11.